The van der Waals surface area contributed by atoms with E-state index in [1.807, 2.05) is 13.8 Å². The second-order valence-electron chi connectivity index (χ2n) is 5.25. The molecular weight excluding hydrogens is 304 g/mol. The summed E-state index contributed by atoms with van der Waals surface area (Å²) in [4.78, 5) is 15.5. The number of thioether (sulfide) groups is 1. The van der Waals surface area contributed by atoms with Crippen LogP contribution in [0.3, 0.4) is 0 Å². The molecule has 0 bridgehead atoms. The maximum absolute atomic E-state index is 13.2. The maximum Gasteiger partial charge on any atom is 0.188 e. The molecule has 0 radical (unpaired) electrons. The molecule has 0 saturated carbocycles. The number of hydrogen-bond acceptors (Lipinski definition) is 3. The van der Waals surface area contributed by atoms with E-state index in [-0.39, 0.29) is 11.3 Å². The lowest BCUT2D eigenvalue weighted by atomic mass is 10.1. The first kappa shape index (κ1) is 16.7. The molecule has 1 aliphatic rings. The lowest BCUT2D eigenvalue weighted by molar-refractivity contribution is 0.104. The van der Waals surface area contributed by atoms with E-state index < -0.39 is 11.6 Å². The first-order valence-electron chi connectivity index (χ1n) is 7.27. The molecule has 22 heavy (non-hydrogen) atoms. The molecule has 1 aromatic rings. The Morgan fingerprint density at radius 2 is 1.86 bits per heavy atom. The monoisotopic (exact) mass is 323 g/mol. The first-order valence-corrected chi connectivity index (χ1v) is 8.09. The smallest absolute Gasteiger partial charge is 0.188 e. The van der Waals surface area contributed by atoms with Crippen LogP contribution in [0.2, 0.25) is 0 Å². The van der Waals surface area contributed by atoms with Gasteiger partial charge in [-0.1, -0.05) is 25.1 Å². The molecule has 1 heterocycles. The van der Waals surface area contributed by atoms with Crippen molar-refractivity contribution in [1.29, 1.82) is 0 Å². The van der Waals surface area contributed by atoms with Crippen molar-refractivity contribution < 1.29 is 13.6 Å². The Labute approximate surface area is 133 Å². The van der Waals surface area contributed by atoms with Gasteiger partial charge in [0.05, 0.1) is 5.03 Å². The van der Waals surface area contributed by atoms with Gasteiger partial charge in [0.1, 0.15) is 11.6 Å². The normalized spacial score (nSPS) is 16.8. The summed E-state index contributed by atoms with van der Waals surface area (Å²) in [6.45, 7) is 6.97. The topological polar surface area (TPSA) is 20.3 Å². The van der Waals surface area contributed by atoms with Crippen molar-refractivity contribution in [2.24, 2.45) is 0 Å². The quantitative estimate of drug-likeness (QED) is 0.556. The van der Waals surface area contributed by atoms with Crippen LogP contribution < -0.4 is 0 Å². The van der Waals surface area contributed by atoms with Gasteiger partial charge in [-0.2, -0.15) is 0 Å². The van der Waals surface area contributed by atoms with E-state index in [1.54, 1.807) is 0 Å². The first-order chi connectivity index (χ1) is 10.4. The van der Waals surface area contributed by atoms with E-state index in [9.17, 15) is 13.6 Å². The largest absolute Gasteiger partial charge is 0.339 e. The van der Waals surface area contributed by atoms with Gasteiger partial charge in [-0.3, -0.25) is 4.79 Å². The minimum Gasteiger partial charge on any atom is -0.339 e. The summed E-state index contributed by atoms with van der Waals surface area (Å²) >= 11 is 1.52. The fourth-order valence-corrected chi connectivity index (χ4v) is 3.31. The molecular formula is C17H19F2NOS. The average molecular weight is 323 g/mol. The Balaban J connectivity index is 2.25. The Hall–Kier alpha value is -1.62. The number of carbonyl (C=O) groups is 1. The summed E-state index contributed by atoms with van der Waals surface area (Å²) in [6.07, 6.45) is 3.55. The van der Waals surface area contributed by atoms with Crippen molar-refractivity contribution in [3.05, 3.63) is 57.1 Å². The lowest BCUT2D eigenvalue weighted by Gasteiger charge is -2.21. The average Bonchev–Trinajstić information content (AvgIpc) is 2.70. The van der Waals surface area contributed by atoms with Crippen LogP contribution in [0.5, 0.6) is 0 Å². The van der Waals surface area contributed by atoms with E-state index in [2.05, 4.69) is 11.8 Å². The number of rotatable bonds is 5. The van der Waals surface area contributed by atoms with Crippen molar-refractivity contribution >= 4 is 17.5 Å². The third-order valence-electron chi connectivity index (χ3n) is 3.57. The lowest BCUT2D eigenvalue weighted by Crippen LogP contribution is -2.18. The van der Waals surface area contributed by atoms with Gasteiger partial charge in [0.25, 0.3) is 0 Å². The van der Waals surface area contributed by atoms with Crippen LogP contribution in [-0.4, -0.2) is 17.2 Å². The standard InChI is InChI=1S/C17H19F2NOS/c1-4-5-6-20-11(2)12(3)22-17(20)10-16(21)13-7-14(18)9-15(19)8-13/h7-10H,4-6H2,1-3H3/b17-10-. The van der Waals surface area contributed by atoms with Crippen LogP contribution in [0.25, 0.3) is 0 Å². The van der Waals surface area contributed by atoms with Crippen molar-refractivity contribution in [3.8, 4) is 0 Å². The molecule has 1 aliphatic heterocycles. The highest BCUT2D eigenvalue weighted by molar-refractivity contribution is 8.06. The molecule has 0 aromatic heterocycles. The second-order valence-corrected chi connectivity index (χ2v) is 6.49. The van der Waals surface area contributed by atoms with Gasteiger partial charge in [-0.15, -0.1) is 0 Å². The number of allylic oxidation sites excluding steroid dienone is 3. The third-order valence-corrected chi connectivity index (χ3v) is 4.72. The SMILES string of the molecule is CCCCN1C(C)=C(C)S/C1=C\C(=O)c1cc(F)cc(F)c1. The molecule has 0 saturated heterocycles. The highest BCUT2D eigenvalue weighted by atomic mass is 32.2. The van der Waals surface area contributed by atoms with Gasteiger partial charge < -0.3 is 4.90 Å². The number of benzene rings is 1. The molecule has 0 atom stereocenters. The summed E-state index contributed by atoms with van der Waals surface area (Å²) < 4.78 is 26.5. The minimum atomic E-state index is -0.742. The Morgan fingerprint density at radius 1 is 1.23 bits per heavy atom. The molecule has 0 amide bonds. The van der Waals surface area contributed by atoms with E-state index in [4.69, 9.17) is 0 Å². The zero-order valence-corrected chi connectivity index (χ0v) is 13.8. The number of ketones is 1. The summed E-state index contributed by atoms with van der Waals surface area (Å²) in [5.74, 6) is -1.87. The van der Waals surface area contributed by atoms with E-state index in [0.717, 1.165) is 53.2 Å². The number of unbranched alkanes of at least 4 members (excludes halogenated alkanes) is 1. The molecule has 0 N–H and O–H groups in total. The Kier molecular flexibility index (Phi) is 5.40. The summed E-state index contributed by atoms with van der Waals surface area (Å²) in [5.41, 5.74) is 1.16. The summed E-state index contributed by atoms with van der Waals surface area (Å²) in [6, 6.07) is 2.88. The van der Waals surface area contributed by atoms with Crippen LogP contribution in [0, 0.1) is 11.6 Å². The molecule has 0 aliphatic carbocycles. The van der Waals surface area contributed by atoms with E-state index >= 15 is 0 Å². The van der Waals surface area contributed by atoms with Gasteiger partial charge in [0.2, 0.25) is 0 Å². The van der Waals surface area contributed by atoms with Crippen LogP contribution in [0.1, 0.15) is 44.0 Å². The fourth-order valence-electron chi connectivity index (χ4n) is 2.23. The van der Waals surface area contributed by atoms with Gasteiger partial charge in [-0.25, -0.2) is 8.78 Å². The zero-order chi connectivity index (χ0) is 16.3. The molecule has 0 fully saturated rings. The Morgan fingerprint density at radius 3 is 2.45 bits per heavy atom. The summed E-state index contributed by atoms with van der Waals surface area (Å²) in [5, 5.41) is 0.818. The van der Waals surface area contributed by atoms with Crippen LogP contribution in [0.4, 0.5) is 8.78 Å². The van der Waals surface area contributed by atoms with Gasteiger partial charge >= 0.3 is 0 Å². The number of hydrogen-bond donors (Lipinski definition) is 0. The zero-order valence-electron chi connectivity index (χ0n) is 13.0. The molecule has 5 heteroatoms. The number of halogens is 2. The molecule has 0 unspecified atom stereocenters. The second kappa shape index (κ2) is 7.09. The third kappa shape index (κ3) is 3.77. The fraction of sp³-hybridized carbons (Fsp3) is 0.353. The van der Waals surface area contributed by atoms with Gasteiger partial charge in [-0.05, 0) is 32.4 Å². The van der Waals surface area contributed by atoms with E-state index in [0.29, 0.717) is 0 Å². The van der Waals surface area contributed by atoms with Crippen LogP contribution >= 0.6 is 11.8 Å². The maximum atomic E-state index is 13.2. The van der Waals surface area contributed by atoms with Crippen molar-refractivity contribution in [3.63, 3.8) is 0 Å². The van der Waals surface area contributed by atoms with Gasteiger partial charge in [0.15, 0.2) is 5.78 Å². The van der Waals surface area contributed by atoms with Crippen molar-refractivity contribution in [2.45, 2.75) is 33.6 Å². The van der Waals surface area contributed by atoms with Crippen molar-refractivity contribution in [2.75, 3.05) is 6.54 Å². The molecule has 2 nitrogen and oxygen atoms in total. The highest BCUT2D eigenvalue weighted by Crippen LogP contribution is 2.40. The van der Waals surface area contributed by atoms with Crippen LogP contribution in [0.15, 0.2) is 39.9 Å². The van der Waals surface area contributed by atoms with E-state index in [1.165, 1.54) is 17.8 Å². The van der Waals surface area contributed by atoms with Crippen LogP contribution in [-0.2, 0) is 0 Å². The summed E-state index contributed by atoms with van der Waals surface area (Å²) in [7, 11) is 0. The molecule has 118 valence electrons. The minimum absolute atomic E-state index is 0.0308. The Bertz CT molecular complexity index is 632. The molecule has 1 aromatic carbocycles. The predicted octanol–water partition coefficient (Wildman–Crippen LogP) is 5.09. The van der Waals surface area contributed by atoms with Crippen molar-refractivity contribution in [1.82, 2.24) is 4.90 Å². The number of nitrogens with zero attached hydrogens (tertiary/aromatic N) is 1. The molecule has 0 spiro atoms. The number of carbonyl (C=O) groups excluding carboxylic acids is 1. The molecule has 2 rings (SSSR count). The highest BCUT2D eigenvalue weighted by Gasteiger charge is 2.23. The van der Waals surface area contributed by atoms with Gasteiger partial charge in [0, 0.05) is 34.9 Å². The predicted molar refractivity (Wildman–Crippen MR) is 86.4 cm³/mol.